The van der Waals surface area contributed by atoms with Crippen LogP contribution in [0.4, 0.5) is 17.6 Å². The number of allylic oxidation sites excluding steroid dienone is 2. The monoisotopic (exact) mass is 334 g/mol. The van der Waals surface area contributed by atoms with Crippen molar-refractivity contribution in [3.63, 3.8) is 0 Å². The number of nitriles is 1. The van der Waals surface area contributed by atoms with Crippen LogP contribution in [0.1, 0.15) is 31.0 Å². The highest BCUT2D eigenvalue weighted by Crippen LogP contribution is 2.26. The highest BCUT2D eigenvalue weighted by Gasteiger charge is 2.31. The molecule has 1 aliphatic rings. The van der Waals surface area contributed by atoms with Crippen molar-refractivity contribution in [2.24, 2.45) is 5.92 Å². The number of hydrogen-bond donors (Lipinski definition) is 2. The van der Waals surface area contributed by atoms with Crippen molar-refractivity contribution in [1.29, 1.82) is 5.26 Å². The fourth-order valence-corrected chi connectivity index (χ4v) is 2.78. The molecular formula is C18H18N6O. The third kappa shape index (κ3) is 3.98. The zero-order chi connectivity index (χ0) is 17.6. The molecule has 1 aromatic carbocycles. The molecule has 0 fully saturated rings. The SMILES string of the molecule is N#C[C@H](C(=O)[C@@H]1CC=CCC1)c1nc(N)nc(Nc2ccccc2)n1. The minimum Gasteiger partial charge on any atom is -0.368 e. The second-order valence-corrected chi connectivity index (χ2v) is 5.81. The molecule has 3 rings (SSSR count). The maximum Gasteiger partial charge on any atom is 0.232 e. The molecule has 0 saturated heterocycles. The van der Waals surface area contributed by atoms with E-state index in [1.807, 2.05) is 48.6 Å². The molecule has 2 aromatic rings. The summed E-state index contributed by atoms with van der Waals surface area (Å²) in [6.45, 7) is 0. The van der Waals surface area contributed by atoms with E-state index in [1.54, 1.807) is 0 Å². The van der Waals surface area contributed by atoms with Crippen LogP contribution in [0.15, 0.2) is 42.5 Å². The van der Waals surface area contributed by atoms with Crippen LogP contribution in [0, 0.1) is 17.2 Å². The number of carbonyl (C=O) groups excluding carboxylic acids is 1. The summed E-state index contributed by atoms with van der Waals surface area (Å²) < 4.78 is 0. The predicted octanol–water partition coefficient (Wildman–Crippen LogP) is 2.73. The Kier molecular flexibility index (Phi) is 5.00. The van der Waals surface area contributed by atoms with Crippen molar-refractivity contribution in [2.75, 3.05) is 11.1 Å². The Bertz CT molecular complexity index is 827. The molecule has 3 N–H and O–H groups in total. The lowest BCUT2D eigenvalue weighted by molar-refractivity contribution is -0.123. The third-order valence-electron chi connectivity index (χ3n) is 4.04. The Balaban J connectivity index is 1.86. The average Bonchev–Trinajstić information content (AvgIpc) is 2.63. The third-order valence-corrected chi connectivity index (χ3v) is 4.04. The summed E-state index contributed by atoms with van der Waals surface area (Å²) in [6, 6.07) is 11.3. The van der Waals surface area contributed by atoms with Gasteiger partial charge >= 0.3 is 0 Å². The number of hydrogen-bond acceptors (Lipinski definition) is 7. The number of ketones is 1. The Morgan fingerprint density at radius 3 is 2.72 bits per heavy atom. The van der Waals surface area contributed by atoms with E-state index in [9.17, 15) is 10.1 Å². The zero-order valence-electron chi connectivity index (χ0n) is 13.6. The fraction of sp³-hybridized carbons (Fsp3) is 0.278. The quantitative estimate of drug-likeness (QED) is 0.807. The number of benzene rings is 1. The van der Waals surface area contributed by atoms with Gasteiger partial charge in [-0.2, -0.15) is 20.2 Å². The van der Waals surface area contributed by atoms with Gasteiger partial charge in [0.1, 0.15) is 0 Å². The lowest BCUT2D eigenvalue weighted by Crippen LogP contribution is -2.24. The molecule has 2 atom stereocenters. The van der Waals surface area contributed by atoms with Gasteiger partial charge in [0.15, 0.2) is 17.5 Å². The van der Waals surface area contributed by atoms with Crippen molar-refractivity contribution in [3.8, 4) is 6.07 Å². The van der Waals surface area contributed by atoms with Crippen LogP contribution in [0.2, 0.25) is 0 Å². The van der Waals surface area contributed by atoms with Gasteiger partial charge in [0.05, 0.1) is 6.07 Å². The second-order valence-electron chi connectivity index (χ2n) is 5.81. The molecule has 1 aliphatic carbocycles. The Labute approximate surface area is 145 Å². The lowest BCUT2D eigenvalue weighted by atomic mass is 9.84. The first-order chi connectivity index (χ1) is 12.2. The topological polar surface area (TPSA) is 118 Å². The van der Waals surface area contributed by atoms with Gasteiger partial charge in [-0.3, -0.25) is 4.79 Å². The second kappa shape index (κ2) is 7.53. The number of nitrogen functional groups attached to an aromatic ring is 1. The van der Waals surface area contributed by atoms with E-state index >= 15 is 0 Å². The van der Waals surface area contributed by atoms with Crippen molar-refractivity contribution >= 4 is 23.4 Å². The molecule has 0 spiro atoms. The number of nitrogens with two attached hydrogens (primary N) is 1. The summed E-state index contributed by atoms with van der Waals surface area (Å²) >= 11 is 0. The summed E-state index contributed by atoms with van der Waals surface area (Å²) in [5.74, 6) is -1.11. The molecule has 0 radical (unpaired) electrons. The normalized spacial score (nSPS) is 17.5. The molecular weight excluding hydrogens is 316 g/mol. The zero-order valence-corrected chi connectivity index (χ0v) is 13.6. The largest absolute Gasteiger partial charge is 0.368 e. The number of nitrogens with one attached hydrogen (secondary N) is 1. The Morgan fingerprint density at radius 1 is 1.24 bits per heavy atom. The van der Waals surface area contributed by atoms with E-state index in [2.05, 4.69) is 20.3 Å². The number of Topliss-reactive ketones (excluding diaryl/α,β-unsaturated/α-hetero) is 1. The Morgan fingerprint density at radius 2 is 2.04 bits per heavy atom. The van der Waals surface area contributed by atoms with E-state index in [0.717, 1.165) is 18.5 Å². The number of carbonyl (C=O) groups is 1. The molecule has 126 valence electrons. The molecule has 0 saturated carbocycles. The van der Waals surface area contributed by atoms with Crippen molar-refractivity contribution in [2.45, 2.75) is 25.2 Å². The number of rotatable bonds is 5. The summed E-state index contributed by atoms with van der Waals surface area (Å²) in [6.07, 6.45) is 6.25. The minimum atomic E-state index is -1.04. The standard InChI is InChI=1S/C18H18N6O/c19-11-14(15(25)12-7-3-1-4-8-12)16-22-17(20)24-18(23-16)21-13-9-5-2-6-10-13/h1-3,5-6,9-10,12,14H,4,7-8H2,(H3,20,21,22,23,24)/t12-,14-/m1/s1. The number of aromatic nitrogens is 3. The van der Waals surface area contributed by atoms with E-state index in [1.165, 1.54) is 0 Å². The van der Waals surface area contributed by atoms with Gasteiger partial charge in [0.25, 0.3) is 0 Å². The molecule has 0 aliphatic heterocycles. The summed E-state index contributed by atoms with van der Waals surface area (Å²) in [5, 5.41) is 12.5. The first-order valence-corrected chi connectivity index (χ1v) is 8.09. The smallest absolute Gasteiger partial charge is 0.232 e. The van der Waals surface area contributed by atoms with E-state index in [-0.39, 0.29) is 29.4 Å². The Hall–Kier alpha value is -3.27. The molecule has 1 heterocycles. The maximum absolute atomic E-state index is 12.7. The van der Waals surface area contributed by atoms with Crippen LogP contribution in [0.25, 0.3) is 0 Å². The maximum atomic E-state index is 12.7. The van der Waals surface area contributed by atoms with Gasteiger partial charge in [-0.15, -0.1) is 0 Å². The summed E-state index contributed by atoms with van der Waals surface area (Å²) in [5.41, 5.74) is 6.52. The fourth-order valence-electron chi connectivity index (χ4n) is 2.78. The number of para-hydroxylation sites is 1. The molecule has 7 nitrogen and oxygen atoms in total. The first kappa shape index (κ1) is 16.6. The van der Waals surface area contributed by atoms with Gasteiger partial charge in [-0.05, 0) is 31.4 Å². The van der Waals surface area contributed by atoms with Crippen molar-refractivity contribution < 1.29 is 4.79 Å². The van der Waals surface area contributed by atoms with Crippen LogP contribution in [0.3, 0.4) is 0 Å². The van der Waals surface area contributed by atoms with Gasteiger partial charge in [-0.25, -0.2) is 0 Å². The molecule has 25 heavy (non-hydrogen) atoms. The summed E-state index contributed by atoms with van der Waals surface area (Å²) in [7, 11) is 0. The molecule has 0 amide bonds. The van der Waals surface area contributed by atoms with Gasteiger partial charge in [0, 0.05) is 11.6 Å². The highest BCUT2D eigenvalue weighted by molar-refractivity contribution is 5.90. The minimum absolute atomic E-state index is 0.0278. The van der Waals surface area contributed by atoms with Gasteiger partial charge < -0.3 is 11.1 Å². The van der Waals surface area contributed by atoms with E-state index < -0.39 is 5.92 Å². The van der Waals surface area contributed by atoms with Crippen LogP contribution in [0.5, 0.6) is 0 Å². The summed E-state index contributed by atoms with van der Waals surface area (Å²) in [4.78, 5) is 25.0. The molecule has 7 heteroatoms. The molecule has 0 bridgehead atoms. The average molecular weight is 334 g/mol. The van der Waals surface area contributed by atoms with Crippen molar-refractivity contribution in [1.82, 2.24) is 15.0 Å². The number of anilines is 3. The van der Waals surface area contributed by atoms with Crippen molar-refractivity contribution in [3.05, 3.63) is 48.3 Å². The highest BCUT2D eigenvalue weighted by atomic mass is 16.1. The van der Waals surface area contributed by atoms with Crippen LogP contribution in [-0.4, -0.2) is 20.7 Å². The van der Waals surface area contributed by atoms with Gasteiger partial charge in [-0.1, -0.05) is 30.4 Å². The van der Waals surface area contributed by atoms with Gasteiger partial charge in [0.2, 0.25) is 11.9 Å². The van der Waals surface area contributed by atoms with Crippen LogP contribution in [-0.2, 0) is 4.79 Å². The number of nitrogens with zero attached hydrogens (tertiary/aromatic N) is 4. The van der Waals surface area contributed by atoms with Crippen LogP contribution < -0.4 is 11.1 Å². The van der Waals surface area contributed by atoms with E-state index in [4.69, 9.17) is 5.73 Å². The van der Waals surface area contributed by atoms with E-state index in [0.29, 0.717) is 6.42 Å². The lowest BCUT2D eigenvalue weighted by Gasteiger charge is -2.18. The molecule has 1 aromatic heterocycles. The van der Waals surface area contributed by atoms with Crippen LogP contribution >= 0.6 is 0 Å². The molecule has 0 unspecified atom stereocenters. The predicted molar refractivity (Wildman–Crippen MR) is 93.8 cm³/mol. The first-order valence-electron chi connectivity index (χ1n) is 8.09.